The molecule has 1 aliphatic rings. The van der Waals surface area contributed by atoms with Crippen molar-refractivity contribution in [2.75, 3.05) is 19.3 Å². The number of benzene rings is 1. The van der Waals surface area contributed by atoms with Gasteiger partial charge in [-0.15, -0.1) is 11.8 Å². The van der Waals surface area contributed by atoms with Crippen LogP contribution in [0.4, 0.5) is 0 Å². The van der Waals surface area contributed by atoms with Crippen LogP contribution in [0.15, 0.2) is 29.2 Å². The molecule has 1 aliphatic carbocycles. The standard InChI is InChI=1S/C15H22N2OS/c1-19-13-6-3-2-5-12(13)15(8-9-15)11-17-14(18)7-4-10-16/h2-3,5-6H,4,7-11,16H2,1H3,(H,17,18). The average Bonchev–Trinajstić information content (AvgIpc) is 3.24. The minimum Gasteiger partial charge on any atom is -0.355 e. The molecule has 3 N–H and O–H groups in total. The number of rotatable bonds is 7. The zero-order valence-electron chi connectivity index (χ0n) is 11.4. The van der Waals surface area contributed by atoms with Gasteiger partial charge in [-0.2, -0.15) is 0 Å². The maximum Gasteiger partial charge on any atom is 0.220 e. The lowest BCUT2D eigenvalue weighted by atomic mass is 9.96. The molecule has 0 heterocycles. The summed E-state index contributed by atoms with van der Waals surface area (Å²) in [5, 5.41) is 3.07. The molecule has 0 saturated heterocycles. The highest BCUT2D eigenvalue weighted by Crippen LogP contribution is 2.50. The van der Waals surface area contributed by atoms with Crippen molar-refractivity contribution in [3.05, 3.63) is 29.8 Å². The molecule has 0 atom stereocenters. The lowest BCUT2D eigenvalue weighted by Gasteiger charge is -2.19. The molecule has 1 amide bonds. The first kappa shape index (κ1) is 14.4. The van der Waals surface area contributed by atoms with Crippen molar-refractivity contribution >= 4 is 17.7 Å². The summed E-state index contributed by atoms with van der Waals surface area (Å²) in [6.45, 7) is 1.34. The van der Waals surface area contributed by atoms with Crippen LogP contribution < -0.4 is 11.1 Å². The second-order valence-corrected chi connectivity index (χ2v) is 6.00. The van der Waals surface area contributed by atoms with Gasteiger partial charge in [0.05, 0.1) is 0 Å². The summed E-state index contributed by atoms with van der Waals surface area (Å²) in [5.41, 5.74) is 6.99. The van der Waals surface area contributed by atoms with Gasteiger partial charge in [-0.1, -0.05) is 18.2 Å². The highest BCUT2D eigenvalue weighted by atomic mass is 32.2. The van der Waals surface area contributed by atoms with E-state index in [9.17, 15) is 4.79 Å². The molecule has 3 nitrogen and oxygen atoms in total. The van der Waals surface area contributed by atoms with Crippen molar-refractivity contribution in [1.29, 1.82) is 0 Å². The van der Waals surface area contributed by atoms with Gasteiger partial charge in [-0.3, -0.25) is 4.79 Å². The minimum atomic E-state index is 0.123. The zero-order chi connectivity index (χ0) is 13.7. The van der Waals surface area contributed by atoms with Crippen LogP contribution >= 0.6 is 11.8 Å². The van der Waals surface area contributed by atoms with E-state index in [1.165, 1.54) is 23.3 Å². The van der Waals surface area contributed by atoms with Crippen molar-refractivity contribution in [1.82, 2.24) is 5.32 Å². The molecule has 1 fully saturated rings. The molecule has 0 radical (unpaired) electrons. The Hall–Kier alpha value is -1.00. The van der Waals surface area contributed by atoms with Gasteiger partial charge in [0.2, 0.25) is 5.91 Å². The predicted molar refractivity (Wildman–Crippen MR) is 80.4 cm³/mol. The molecule has 0 spiro atoms. The molecule has 0 bridgehead atoms. The summed E-state index contributed by atoms with van der Waals surface area (Å²) >= 11 is 1.78. The van der Waals surface area contributed by atoms with E-state index < -0.39 is 0 Å². The fraction of sp³-hybridized carbons (Fsp3) is 0.533. The van der Waals surface area contributed by atoms with E-state index in [2.05, 4.69) is 35.8 Å². The molecule has 1 aromatic rings. The number of carbonyl (C=O) groups excluding carboxylic acids is 1. The first-order chi connectivity index (χ1) is 9.22. The van der Waals surface area contributed by atoms with Crippen LogP contribution in [0.3, 0.4) is 0 Å². The Morgan fingerprint density at radius 1 is 1.42 bits per heavy atom. The van der Waals surface area contributed by atoms with Gasteiger partial charge in [0, 0.05) is 23.3 Å². The topological polar surface area (TPSA) is 55.1 Å². The molecule has 0 aromatic heterocycles. The Labute approximate surface area is 119 Å². The molecule has 1 aromatic carbocycles. The quantitative estimate of drug-likeness (QED) is 0.752. The van der Waals surface area contributed by atoms with Crippen LogP contribution in [-0.2, 0) is 10.2 Å². The van der Waals surface area contributed by atoms with Crippen LogP contribution in [0.5, 0.6) is 0 Å². The van der Waals surface area contributed by atoms with E-state index in [1.54, 1.807) is 11.8 Å². The molecular weight excluding hydrogens is 256 g/mol. The summed E-state index contributed by atoms with van der Waals surface area (Å²) in [6, 6.07) is 8.53. The van der Waals surface area contributed by atoms with Gasteiger partial charge in [-0.25, -0.2) is 0 Å². The molecule has 104 valence electrons. The van der Waals surface area contributed by atoms with E-state index in [1.807, 2.05) is 0 Å². The Balaban J connectivity index is 1.97. The molecule has 2 rings (SSSR count). The maximum atomic E-state index is 11.7. The maximum absolute atomic E-state index is 11.7. The highest BCUT2D eigenvalue weighted by molar-refractivity contribution is 7.98. The fourth-order valence-electron chi connectivity index (χ4n) is 2.39. The summed E-state index contributed by atoms with van der Waals surface area (Å²) in [5.74, 6) is 0.123. The van der Waals surface area contributed by atoms with E-state index in [0.717, 1.165) is 13.0 Å². The number of nitrogens with one attached hydrogen (secondary N) is 1. The van der Waals surface area contributed by atoms with Crippen LogP contribution in [0.1, 0.15) is 31.2 Å². The van der Waals surface area contributed by atoms with Crippen LogP contribution in [-0.4, -0.2) is 25.3 Å². The Kier molecular flexibility index (Phi) is 4.88. The van der Waals surface area contributed by atoms with Gasteiger partial charge in [-0.05, 0) is 43.7 Å². The van der Waals surface area contributed by atoms with E-state index in [4.69, 9.17) is 5.73 Å². The minimum absolute atomic E-state index is 0.123. The Morgan fingerprint density at radius 2 is 2.16 bits per heavy atom. The van der Waals surface area contributed by atoms with E-state index in [-0.39, 0.29) is 11.3 Å². The van der Waals surface area contributed by atoms with Gasteiger partial charge in [0.15, 0.2) is 0 Å². The summed E-state index contributed by atoms with van der Waals surface area (Å²) in [6.07, 6.45) is 5.75. The average molecular weight is 278 g/mol. The van der Waals surface area contributed by atoms with Crippen LogP contribution in [0, 0.1) is 0 Å². The first-order valence-corrected chi connectivity index (χ1v) is 8.04. The predicted octanol–water partition coefficient (Wildman–Crippen LogP) is 2.30. The fourth-order valence-corrected chi connectivity index (χ4v) is 3.11. The number of amides is 1. The smallest absolute Gasteiger partial charge is 0.220 e. The third-order valence-corrected chi connectivity index (χ3v) is 4.56. The molecule has 0 aliphatic heterocycles. The second-order valence-electron chi connectivity index (χ2n) is 5.15. The van der Waals surface area contributed by atoms with Crippen LogP contribution in [0.25, 0.3) is 0 Å². The number of nitrogens with two attached hydrogens (primary N) is 1. The first-order valence-electron chi connectivity index (χ1n) is 6.82. The summed E-state index contributed by atoms with van der Waals surface area (Å²) < 4.78 is 0. The number of carbonyl (C=O) groups is 1. The van der Waals surface area contributed by atoms with Gasteiger partial charge in [0.1, 0.15) is 0 Å². The van der Waals surface area contributed by atoms with E-state index in [0.29, 0.717) is 13.0 Å². The van der Waals surface area contributed by atoms with Crippen molar-refractivity contribution < 1.29 is 4.79 Å². The number of hydrogen-bond donors (Lipinski definition) is 2. The molecule has 19 heavy (non-hydrogen) atoms. The van der Waals surface area contributed by atoms with E-state index >= 15 is 0 Å². The van der Waals surface area contributed by atoms with Gasteiger partial charge in [0.25, 0.3) is 0 Å². The lowest BCUT2D eigenvalue weighted by Crippen LogP contribution is -2.32. The SMILES string of the molecule is CSc1ccccc1C1(CNC(=O)CCCN)CC1. The normalized spacial score (nSPS) is 16.1. The molecular formula is C15H22N2OS. The van der Waals surface area contributed by atoms with Gasteiger partial charge >= 0.3 is 0 Å². The van der Waals surface area contributed by atoms with Crippen molar-refractivity contribution in [3.8, 4) is 0 Å². The molecule has 0 unspecified atom stereocenters. The third kappa shape index (κ3) is 3.51. The second kappa shape index (κ2) is 6.44. The molecule has 1 saturated carbocycles. The Bertz CT molecular complexity index is 444. The van der Waals surface area contributed by atoms with Gasteiger partial charge < -0.3 is 11.1 Å². The number of hydrogen-bond acceptors (Lipinski definition) is 3. The highest BCUT2D eigenvalue weighted by Gasteiger charge is 2.45. The zero-order valence-corrected chi connectivity index (χ0v) is 12.3. The van der Waals surface area contributed by atoms with Crippen LogP contribution in [0.2, 0.25) is 0 Å². The van der Waals surface area contributed by atoms with Crippen molar-refractivity contribution in [2.24, 2.45) is 5.73 Å². The lowest BCUT2D eigenvalue weighted by molar-refractivity contribution is -0.121. The largest absolute Gasteiger partial charge is 0.355 e. The van der Waals surface area contributed by atoms with Crippen molar-refractivity contribution in [2.45, 2.75) is 36.0 Å². The summed E-state index contributed by atoms with van der Waals surface area (Å²) in [7, 11) is 0. The third-order valence-electron chi connectivity index (χ3n) is 3.76. The molecule has 4 heteroatoms. The monoisotopic (exact) mass is 278 g/mol. The Morgan fingerprint density at radius 3 is 2.79 bits per heavy atom. The van der Waals surface area contributed by atoms with Crippen molar-refractivity contribution in [3.63, 3.8) is 0 Å². The summed E-state index contributed by atoms with van der Waals surface area (Å²) in [4.78, 5) is 13.0. The number of thioether (sulfide) groups is 1.